The van der Waals surface area contributed by atoms with Gasteiger partial charge in [-0.15, -0.1) is 0 Å². The van der Waals surface area contributed by atoms with Gasteiger partial charge in [0.1, 0.15) is 18.0 Å². The minimum absolute atomic E-state index is 0.176. The van der Waals surface area contributed by atoms with Gasteiger partial charge in [0.05, 0.1) is 0 Å². The molecule has 1 amide bonds. The third-order valence-corrected chi connectivity index (χ3v) is 4.61. The SMILES string of the molecule is CCNc1cc(N2CCC(CCC(=O)NCCN(C)C)CC2)ncn1. The van der Waals surface area contributed by atoms with Crippen LogP contribution in [0.2, 0.25) is 0 Å². The van der Waals surface area contributed by atoms with E-state index in [0.717, 1.165) is 63.6 Å². The van der Waals surface area contributed by atoms with Gasteiger partial charge in [-0.3, -0.25) is 4.79 Å². The van der Waals surface area contributed by atoms with Crippen LogP contribution < -0.4 is 15.5 Å². The molecule has 2 rings (SSSR count). The van der Waals surface area contributed by atoms with Gasteiger partial charge in [-0.25, -0.2) is 9.97 Å². The van der Waals surface area contributed by atoms with E-state index in [9.17, 15) is 4.79 Å². The summed E-state index contributed by atoms with van der Waals surface area (Å²) < 4.78 is 0. The van der Waals surface area contributed by atoms with Crippen LogP contribution >= 0.6 is 0 Å². The molecule has 7 heteroatoms. The summed E-state index contributed by atoms with van der Waals surface area (Å²) >= 11 is 0. The number of amides is 1. The normalized spacial score (nSPS) is 15.4. The summed E-state index contributed by atoms with van der Waals surface area (Å²) in [5, 5.41) is 6.22. The Kier molecular flexibility index (Phi) is 7.91. The number of rotatable bonds is 9. The lowest BCUT2D eigenvalue weighted by Gasteiger charge is -2.32. The van der Waals surface area contributed by atoms with Crippen molar-refractivity contribution in [2.24, 2.45) is 5.92 Å². The number of carbonyl (C=O) groups excluding carboxylic acids is 1. The van der Waals surface area contributed by atoms with E-state index in [0.29, 0.717) is 12.3 Å². The number of nitrogens with one attached hydrogen (secondary N) is 2. The van der Waals surface area contributed by atoms with E-state index in [1.54, 1.807) is 6.33 Å². The van der Waals surface area contributed by atoms with E-state index in [4.69, 9.17) is 0 Å². The monoisotopic (exact) mass is 348 g/mol. The molecule has 1 saturated heterocycles. The van der Waals surface area contributed by atoms with Gasteiger partial charge in [-0.1, -0.05) is 0 Å². The lowest BCUT2D eigenvalue weighted by atomic mass is 9.92. The molecule has 0 unspecified atom stereocenters. The Morgan fingerprint density at radius 2 is 2.08 bits per heavy atom. The molecule has 0 atom stereocenters. The molecule has 0 aromatic carbocycles. The maximum Gasteiger partial charge on any atom is 0.220 e. The summed E-state index contributed by atoms with van der Waals surface area (Å²) in [5.41, 5.74) is 0. The molecule has 1 fully saturated rings. The Bertz CT molecular complexity index is 528. The molecule has 25 heavy (non-hydrogen) atoms. The lowest BCUT2D eigenvalue weighted by Crippen LogP contribution is -2.35. The van der Waals surface area contributed by atoms with Crippen molar-refractivity contribution in [2.75, 3.05) is 57.0 Å². The van der Waals surface area contributed by atoms with Crippen molar-refractivity contribution in [1.29, 1.82) is 0 Å². The molecule has 1 aliphatic rings. The Morgan fingerprint density at radius 1 is 1.32 bits per heavy atom. The summed E-state index contributed by atoms with van der Waals surface area (Å²) in [6.45, 7) is 6.52. The Balaban J connectivity index is 1.69. The first-order valence-electron chi connectivity index (χ1n) is 9.30. The molecule has 1 aromatic rings. The summed E-state index contributed by atoms with van der Waals surface area (Å²) in [6.07, 6.45) is 5.47. The van der Waals surface area contributed by atoms with Crippen LogP contribution in [0.25, 0.3) is 0 Å². The fraction of sp³-hybridized carbons (Fsp3) is 0.722. The molecule has 1 aromatic heterocycles. The molecule has 0 aliphatic carbocycles. The Hall–Kier alpha value is -1.89. The summed E-state index contributed by atoms with van der Waals surface area (Å²) in [7, 11) is 4.03. The maximum absolute atomic E-state index is 11.9. The summed E-state index contributed by atoms with van der Waals surface area (Å²) in [6, 6.07) is 2.02. The molecule has 2 N–H and O–H groups in total. The number of piperidine rings is 1. The van der Waals surface area contributed by atoms with E-state index in [1.807, 2.05) is 20.2 Å². The zero-order valence-electron chi connectivity index (χ0n) is 15.8. The minimum atomic E-state index is 0.176. The van der Waals surface area contributed by atoms with Gasteiger partial charge in [0.25, 0.3) is 0 Å². The second kappa shape index (κ2) is 10.2. The molecule has 1 aliphatic heterocycles. The van der Waals surface area contributed by atoms with Crippen LogP contribution in [0.4, 0.5) is 11.6 Å². The predicted octanol–water partition coefficient (Wildman–Crippen LogP) is 1.58. The number of hydrogen-bond donors (Lipinski definition) is 2. The van der Waals surface area contributed by atoms with Crippen LogP contribution in [0.3, 0.4) is 0 Å². The van der Waals surface area contributed by atoms with E-state index in [2.05, 4.69) is 37.3 Å². The fourth-order valence-electron chi connectivity index (χ4n) is 3.09. The van der Waals surface area contributed by atoms with Gasteiger partial charge in [-0.05, 0) is 46.2 Å². The summed E-state index contributed by atoms with van der Waals surface area (Å²) in [5.74, 6) is 2.68. The fourth-order valence-corrected chi connectivity index (χ4v) is 3.09. The predicted molar refractivity (Wildman–Crippen MR) is 102 cm³/mol. The first-order chi connectivity index (χ1) is 12.1. The molecule has 0 spiro atoms. The van der Waals surface area contributed by atoms with Crippen molar-refractivity contribution in [3.05, 3.63) is 12.4 Å². The van der Waals surface area contributed by atoms with E-state index in [1.165, 1.54) is 0 Å². The van der Waals surface area contributed by atoms with Gasteiger partial charge in [0.15, 0.2) is 0 Å². The van der Waals surface area contributed by atoms with Gasteiger partial charge >= 0.3 is 0 Å². The number of likely N-dealkylation sites (N-methyl/N-ethyl adjacent to an activating group) is 1. The molecular weight excluding hydrogens is 316 g/mol. The van der Waals surface area contributed by atoms with E-state index < -0.39 is 0 Å². The van der Waals surface area contributed by atoms with E-state index in [-0.39, 0.29) is 5.91 Å². The van der Waals surface area contributed by atoms with Crippen LogP contribution in [-0.4, -0.2) is 67.6 Å². The van der Waals surface area contributed by atoms with Crippen LogP contribution in [0, 0.1) is 5.92 Å². The molecule has 140 valence electrons. The Morgan fingerprint density at radius 3 is 2.76 bits per heavy atom. The number of anilines is 2. The average Bonchev–Trinajstić information content (AvgIpc) is 2.61. The summed E-state index contributed by atoms with van der Waals surface area (Å²) in [4.78, 5) is 24.9. The number of nitrogens with zero attached hydrogens (tertiary/aromatic N) is 4. The highest BCUT2D eigenvalue weighted by Gasteiger charge is 2.21. The lowest BCUT2D eigenvalue weighted by molar-refractivity contribution is -0.121. The third-order valence-electron chi connectivity index (χ3n) is 4.61. The largest absolute Gasteiger partial charge is 0.370 e. The van der Waals surface area contributed by atoms with Crippen LogP contribution in [0.15, 0.2) is 12.4 Å². The zero-order chi connectivity index (χ0) is 18.1. The third kappa shape index (κ3) is 6.86. The molecule has 7 nitrogen and oxygen atoms in total. The van der Waals surface area contributed by atoms with E-state index >= 15 is 0 Å². The molecule has 0 bridgehead atoms. The van der Waals surface area contributed by atoms with Gasteiger partial charge < -0.3 is 20.4 Å². The minimum Gasteiger partial charge on any atom is -0.370 e. The second-order valence-corrected chi connectivity index (χ2v) is 6.91. The smallest absolute Gasteiger partial charge is 0.220 e. The van der Waals surface area contributed by atoms with Crippen molar-refractivity contribution in [2.45, 2.75) is 32.6 Å². The van der Waals surface area contributed by atoms with Gasteiger partial charge in [0, 0.05) is 45.2 Å². The molecule has 0 radical (unpaired) electrons. The van der Waals surface area contributed by atoms with Crippen LogP contribution in [0.1, 0.15) is 32.6 Å². The van der Waals surface area contributed by atoms with Crippen LogP contribution in [-0.2, 0) is 4.79 Å². The first-order valence-corrected chi connectivity index (χ1v) is 9.30. The highest BCUT2D eigenvalue weighted by atomic mass is 16.1. The van der Waals surface area contributed by atoms with Crippen molar-refractivity contribution in [1.82, 2.24) is 20.2 Å². The Labute approximate surface area is 151 Å². The average molecular weight is 348 g/mol. The highest BCUT2D eigenvalue weighted by molar-refractivity contribution is 5.75. The zero-order valence-corrected chi connectivity index (χ0v) is 15.8. The highest BCUT2D eigenvalue weighted by Crippen LogP contribution is 2.25. The number of aromatic nitrogens is 2. The van der Waals surface area contributed by atoms with Gasteiger partial charge in [0.2, 0.25) is 5.91 Å². The quantitative estimate of drug-likeness (QED) is 0.706. The molecule has 0 saturated carbocycles. The first kappa shape index (κ1) is 19.4. The number of hydrogen-bond acceptors (Lipinski definition) is 6. The van der Waals surface area contributed by atoms with Crippen molar-refractivity contribution < 1.29 is 4.79 Å². The standard InChI is InChI=1S/C18H32N6O/c1-4-19-16-13-17(22-14-21-16)24-10-7-15(8-11-24)5-6-18(25)20-9-12-23(2)3/h13-15H,4-12H2,1-3H3,(H,20,25)(H,19,21,22). The van der Waals surface area contributed by atoms with Crippen molar-refractivity contribution in [3.8, 4) is 0 Å². The second-order valence-electron chi connectivity index (χ2n) is 6.91. The van der Waals surface area contributed by atoms with Crippen LogP contribution in [0.5, 0.6) is 0 Å². The topological polar surface area (TPSA) is 73.4 Å². The van der Waals surface area contributed by atoms with Crippen molar-refractivity contribution in [3.63, 3.8) is 0 Å². The van der Waals surface area contributed by atoms with Gasteiger partial charge in [-0.2, -0.15) is 0 Å². The maximum atomic E-state index is 11.9. The number of carbonyl (C=O) groups is 1. The molecular formula is C18H32N6O. The van der Waals surface area contributed by atoms with Crippen molar-refractivity contribution >= 4 is 17.5 Å². The molecule has 2 heterocycles.